The van der Waals surface area contributed by atoms with Gasteiger partial charge in [0.15, 0.2) is 5.65 Å². The number of aromatic nitrogens is 6. The summed E-state index contributed by atoms with van der Waals surface area (Å²) in [5.41, 5.74) is 5.86. The summed E-state index contributed by atoms with van der Waals surface area (Å²) in [6, 6.07) is 0.592. The zero-order valence-electron chi connectivity index (χ0n) is 20.3. The Bertz CT molecular complexity index is 1190. The van der Waals surface area contributed by atoms with Crippen molar-refractivity contribution in [3.05, 3.63) is 40.9 Å². The Balaban J connectivity index is 0.000000591. The highest BCUT2D eigenvalue weighted by atomic mass is 19.4. The summed E-state index contributed by atoms with van der Waals surface area (Å²) < 4.78 is 37.2. The van der Waals surface area contributed by atoms with Gasteiger partial charge in [0.2, 0.25) is 0 Å². The molecule has 4 heterocycles. The van der Waals surface area contributed by atoms with Crippen molar-refractivity contribution in [2.45, 2.75) is 90.0 Å². The van der Waals surface area contributed by atoms with Gasteiger partial charge in [-0.05, 0) is 58.3 Å². The van der Waals surface area contributed by atoms with Crippen LogP contribution in [0.1, 0.15) is 97.9 Å². The first kappa shape index (κ1) is 24.1. The van der Waals surface area contributed by atoms with E-state index in [0.717, 1.165) is 59.4 Å². The molecular weight excluding hydrogens is 457 g/mol. The molecule has 0 radical (unpaired) electrons. The Kier molecular flexibility index (Phi) is 6.74. The van der Waals surface area contributed by atoms with Crippen LogP contribution in [-0.2, 0) is 4.74 Å². The van der Waals surface area contributed by atoms with Crippen molar-refractivity contribution in [2.24, 2.45) is 5.92 Å². The largest absolute Gasteiger partial charge is 0.379 e. The van der Waals surface area contributed by atoms with Crippen LogP contribution in [-0.4, -0.2) is 43.0 Å². The first-order valence-electron chi connectivity index (χ1n) is 12.4. The molecule has 3 aliphatic rings. The molecule has 6 rings (SSSR count). The zero-order valence-corrected chi connectivity index (χ0v) is 20.3. The number of halogens is 3. The van der Waals surface area contributed by atoms with Crippen LogP contribution >= 0.6 is 0 Å². The normalized spacial score (nSPS) is 26.4. The molecule has 0 spiro atoms. The van der Waals surface area contributed by atoms with Gasteiger partial charge in [-0.1, -0.05) is 6.92 Å². The van der Waals surface area contributed by atoms with Gasteiger partial charge in [-0.25, -0.2) is 19.9 Å². The van der Waals surface area contributed by atoms with Crippen molar-refractivity contribution in [1.29, 1.82) is 0 Å². The minimum absolute atomic E-state index is 0.0589. The molecule has 2 aliphatic carbocycles. The SMILES string of the molecule is Cc1nc2nc(C3CCOC(c4cnn(C5CC5)c4)C3)nc(C3CC(C)C3)c2nc1C.FC(F)F. The number of rotatable bonds is 4. The molecule has 1 aliphatic heterocycles. The highest BCUT2D eigenvalue weighted by Gasteiger charge is 2.34. The molecular formula is C25H31F3N6O. The van der Waals surface area contributed by atoms with Crippen LogP contribution in [0.15, 0.2) is 12.4 Å². The van der Waals surface area contributed by atoms with Gasteiger partial charge in [-0.2, -0.15) is 18.3 Å². The second-order valence-corrected chi connectivity index (χ2v) is 10.1. The Labute approximate surface area is 202 Å². The predicted molar refractivity (Wildman–Crippen MR) is 124 cm³/mol. The Morgan fingerprint density at radius 3 is 2.34 bits per heavy atom. The van der Waals surface area contributed by atoms with Gasteiger partial charge in [0.25, 0.3) is 0 Å². The Morgan fingerprint density at radius 2 is 1.66 bits per heavy atom. The van der Waals surface area contributed by atoms with Crippen molar-refractivity contribution >= 4 is 11.2 Å². The minimum Gasteiger partial charge on any atom is -0.373 e. The highest BCUT2D eigenvalue weighted by molar-refractivity contribution is 5.73. The molecule has 1 saturated heterocycles. The van der Waals surface area contributed by atoms with Gasteiger partial charge in [0.1, 0.15) is 11.3 Å². The second-order valence-electron chi connectivity index (χ2n) is 10.1. The third-order valence-corrected chi connectivity index (χ3v) is 7.31. The van der Waals surface area contributed by atoms with E-state index in [2.05, 4.69) is 22.9 Å². The van der Waals surface area contributed by atoms with E-state index < -0.39 is 6.68 Å². The maximum absolute atomic E-state index is 9.67. The predicted octanol–water partition coefficient (Wildman–Crippen LogP) is 5.90. The molecule has 188 valence electrons. The molecule has 3 aromatic heterocycles. The van der Waals surface area contributed by atoms with Gasteiger partial charge < -0.3 is 4.74 Å². The van der Waals surface area contributed by atoms with Crippen LogP contribution in [0.3, 0.4) is 0 Å². The number of alkyl halides is 3. The zero-order chi connectivity index (χ0) is 24.7. The molecule has 3 aromatic rings. The lowest BCUT2D eigenvalue weighted by Gasteiger charge is -2.33. The van der Waals surface area contributed by atoms with Crippen LogP contribution < -0.4 is 0 Å². The van der Waals surface area contributed by atoms with Crippen molar-refractivity contribution < 1.29 is 17.9 Å². The molecule has 0 amide bonds. The Hall–Kier alpha value is -2.62. The number of aryl methyl sites for hydroxylation is 2. The average Bonchev–Trinajstić information content (AvgIpc) is 3.53. The monoisotopic (exact) mass is 488 g/mol. The average molecular weight is 489 g/mol. The van der Waals surface area contributed by atoms with Crippen molar-refractivity contribution in [2.75, 3.05) is 6.61 Å². The van der Waals surface area contributed by atoms with Crippen molar-refractivity contribution in [3.8, 4) is 0 Å². The minimum atomic E-state index is -3.67. The molecule has 2 atom stereocenters. The summed E-state index contributed by atoms with van der Waals surface area (Å²) >= 11 is 0. The van der Waals surface area contributed by atoms with Gasteiger partial charge >= 0.3 is 6.68 Å². The fraction of sp³-hybridized carbons (Fsp3) is 0.640. The summed E-state index contributed by atoms with van der Waals surface area (Å²) in [6.07, 6.45) is 10.9. The molecule has 2 unspecified atom stereocenters. The fourth-order valence-corrected chi connectivity index (χ4v) is 5.07. The van der Waals surface area contributed by atoms with E-state index in [1.165, 1.54) is 31.2 Å². The molecule has 0 aromatic carbocycles. The van der Waals surface area contributed by atoms with E-state index in [4.69, 9.17) is 24.7 Å². The quantitative estimate of drug-likeness (QED) is 0.455. The molecule has 7 nitrogen and oxygen atoms in total. The number of nitrogens with zero attached hydrogens (tertiary/aromatic N) is 6. The van der Waals surface area contributed by atoms with Crippen molar-refractivity contribution in [1.82, 2.24) is 29.7 Å². The lowest BCUT2D eigenvalue weighted by molar-refractivity contribution is 0.00387. The summed E-state index contributed by atoms with van der Waals surface area (Å²) in [5, 5.41) is 4.56. The fourth-order valence-electron chi connectivity index (χ4n) is 5.07. The summed E-state index contributed by atoms with van der Waals surface area (Å²) in [5.74, 6) is 2.42. The topological polar surface area (TPSA) is 78.6 Å². The molecule has 3 fully saturated rings. The Morgan fingerprint density at radius 1 is 0.943 bits per heavy atom. The first-order valence-corrected chi connectivity index (χ1v) is 12.4. The summed E-state index contributed by atoms with van der Waals surface area (Å²) in [7, 11) is 0. The number of hydrogen-bond acceptors (Lipinski definition) is 6. The molecule has 35 heavy (non-hydrogen) atoms. The third kappa shape index (κ3) is 5.32. The van der Waals surface area contributed by atoms with Gasteiger partial charge in [-0.15, -0.1) is 0 Å². The van der Waals surface area contributed by atoms with Crippen LogP contribution in [0, 0.1) is 19.8 Å². The molecule has 0 N–H and O–H groups in total. The van der Waals surface area contributed by atoms with E-state index in [0.29, 0.717) is 12.0 Å². The molecule has 2 saturated carbocycles. The van der Waals surface area contributed by atoms with Crippen LogP contribution in [0.2, 0.25) is 0 Å². The molecule has 10 heteroatoms. The summed E-state index contributed by atoms with van der Waals surface area (Å²) in [4.78, 5) is 19.7. The maximum Gasteiger partial charge on any atom is 0.379 e. The number of hydrogen-bond donors (Lipinski definition) is 0. The lowest BCUT2D eigenvalue weighted by atomic mass is 9.74. The number of fused-ring (bicyclic) bond motifs is 1. The highest BCUT2D eigenvalue weighted by Crippen LogP contribution is 2.44. The van der Waals surface area contributed by atoms with E-state index in [-0.39, 0.29) is 12.0 Å². The van der Waals surface area contributed by atoms with Crippen LogP contribution in [0.4, 0.5) is 13.2 Å². The van der Waals surface area contributed by atoms with Crippen molar-refractivity contribution in [3.63, 3.8) is 0 Å². The third-order valence-electron chi connectivity index (χ3n) is 7.31. The van der Waals surface area contributed by atoms with E-state index >= 15 is 0 Å². The first-order chi connectivity index (χ1) is 16.8. The van der Waals surface area contributed by atoms with Gasteiger partial charge in [0.05, 0.1) is 35.4 Å². The lowest BCUT2D eigenvalue weighted by Crippen LogP contribution is -2.24. The summed E-state index contributed by atoms with van der Waals surface area (Å²) in [6.45, 7) is 3.40. The second kappa shape index (κ2) is 9.79. The van der Waals surface area contributed by atoms with E-state index in [1.807, 2.05) is 20.0 Å². The van der Waals surface area contributed by atoms with E-state index in [9.17, 15) is 13.2 Å². The van der Waals surface area contributed by atoms with E-state index in [1.54, 1.807) is 0 Å². The molecule has 0 bridgehead atoms. The number of ether oxygens (including phenoxy) is 1. The smallest absolute Gasteiger partial charge is 0.373 e. The standard InChI is InChI=1S/C24H30N6O.CHF3/c1-13-8-17(9-13)21-22-24(27-15(3)14(2)26-22)29-23(28-21)16-6-7-31-20(10-16)18-11-25-30(12-18)19-4-5-19;2-1(3)4/h11-13,16-17,19-20H,4-10H2,1-3H3;1H. The van der Waals surface area contributed by atoms with Crippen LogP contribution in [0.25, 0.3) is 11.2 Å². The maximum atomic E-state index is 9.67. The van der Waals surface area contributed by atoms with Gasteiger partial charge in [-0.3, -0.25) is 4.68 Å². The van der Waals surface area contributed by atoms with Gasteiger partial charge in [0, 0.05) is 30.2 Å². The van der Waals surface area contributed by atoms with Crippen LogP contribution in [0.5, 0.6) is 0 Å².